The number of nitrogens with one attached hydrogen (secondary N) is 1. The molecule has 0 aliphatic heterocycles. The monoisotopic (exact) mass is 535 g/mol. The minimum Gasteiger partial charge on any atom is -0.489 e. The molecule has 0 unspecified atom stereocenters. The zero-order valence-electron chi connectivity index (χ0n) is 19.5. The van der Waals surface area contributed by atoms with Crippen LogP contribution >= 0.6 is 11.3 Å². The summed E-state index contributed by atoms with van der Waals surface area (Å²) in [4.78, 5) is 27.4. The number of amides is 1. The Morgan fingerprint density at radius 2 is 2.00 bits per heavy atom. The van der Waals surface area contributed by atoms with Crippen molar-refractivity contribution in [1.29, 1.82) is 0 Å². The summed E-state index contributed by atoms with van der Waals surface area (Å²) < 4.78 is 53.7. The van der Waals surface area contributed by atoms with Crippen LogP contribution in [-0.2, 0) is 16.1 Å². The van der Waals surface area contributed by atoms with Crippen LogP contribution in [0, 0.1) is 13.8 Å². The average Bonchev–Trinajstić information content (AvgIpc) is 3.47. The van der Waals surface area contributed by atoms with Gasteiger partial charge in [-0.2, -0.15) is 13.2 Å². The zero-order chi connectivity index (χ0) is 26.7. The number of fused-ring (bicyclic) bond motifs is 1. The predicted molar refractivity (Wildman–Crippen MR) is 127 cm³/mol. The molecule has 37 heavy (non-hydrogen) atoms. The van der Waals surface area contributed by atoms with E-state index in [1.54, 1.807) is 23.7 Å². The summed E-state index contributed by atoms with van der Waals surface area (Å²) in [6, 6.07) is 5.47. The molecule has 1 aromatic carbocycles. The summed E-state index contributed by atoms with van der Waals surface area (Å²) in [5.41, 5.74) is 8.40. The number of nitrogen functional groups attached to an aromatic ring is 1. The highest BCUT2D eigenvalue weighted by atomic mass is 32.1. The van der Waals surface area contributed by atoms with E-state index in [1.165, 1.54) is 17.5 Å². The second-order valence-electron chi connectivity index (χ2n) is 7.81. The Kier molecular flexibility index (Phi) is 7.29. The van der Waals surface area contributed by atoms with Crippen LogP contribution in [0.3, 0.4) is 0 Å². The molecular formula is C23H20F3N5O5S. The average molecular weight is 536 g/mol. The Hall–Kier alpha value is -4.20. The molecule has 0 atom stereocenters. The number of nitrogens with two attached hydrogens (primary N) is 1. The second kappa shape index (κ2) is 10.4. The second-order valence-corrected chi connectivity index (χ2v) is 8.69. The molecular weight excluding hydrogens is 515 g/mol. The number of hydrogen-bond donors (Lipinski definition) is 2. The fraction of sp³-hybridized carbons (Fsp3) is 0.261. The molecule has 0 aliphatic carbocycles. The van der Waals surface area contributed by atoms with E-state index in [-0.39, 0.29) is 18.0 Å². The number of nitrogens with zero attached hydrogens (tertiary/aromatic N) is 3. The molecule has 14 heteroatoms. The van der Waals surface area contributed by atoms with Crippen LogP contribution in [0.25, 0.3) is 21.5 Å². The van der Waals surface area contributed by atoms with Gasteiger partial charge in [0, 0.05) is 29.6 Å². The number of thiophene rings is 1. The summed E-state index contributed by atoms with van der Waals surface area (Å²) in [5, 5.41) is 11.7. The summed E-state index contributed by atoms with van der Waals surface area (Å²) in [6.45, 7) is 2.73. The Bertz CT molecular complexity index is 1470. The molecule has 0 aliphatic rings. The van der Waals surface area contributed by atoms with Crippen LogP contribution in [0.5, 0.6) is 5.75 Å². The number of esters is 1. The zero-order valence-corrected chi connectivity index (χ0v) is 20.3. The molecule has 0 saturated carbocycles. The lowest BCUT2D eigenvalue weighted by atomic mass is 10.1. The maximum Gasteiger partial charge on any atom is 0.471 e. The SMILES string of the molecule is Cc1nnc(-c2ccc(C)c(OCc3csc4c(C(=O)OCCNC(=O)C(F)(F)F)cnc(N)c34)c2)o1. The van der Waals surface area contributed by atoms with Gasteiger partial charge < -0.3 is 24.9 Å². The number of carbonyl (C=O) groups is 2. The molecule has 194 valence electrons. The molecule has 3 heterocycles. The first-order chi connectivity index (χ1) is 17.5. The van der Waals surface area contributed by atoms with Gasteiger partial charge in [0.05, 0.1) is 16.8 Å². The van der Waals surface area contributed by atoms with Crippen LogP contribution in [0.2, 0.25) is 0 Å². The van der Waals surface area contributed by atoms with E-state index in [0.29, 0.717) is 38.7 Å². The number of carbonyl (C=O) groups excluding carboxylic acids is 2. The van der Waals surface area contributed by atoms with Crippen molar-refractivity contribution in [2.24, 2.45) is 0 Å². The molecule has 0 spiro atoms. The van der Waals surface area contributed by atoms with E-state index in [2.05, 4.69) is 15.2 Å². The van der Waals surface area contributed by atoms with Crippen molar-refractivity contribution >= 4 is 39.1 Å². The fourth-order valence-corrected chi connectivity index (χ4v) is 4.39. The lowest BCUT2D eigenvalue weighted by Gasteiger charge is -2.11. The number of anilines is 1. The van der Waals surface area contributed by atoms with E-state index < -0.39 is 31.2 Å². The van der Waals surface area contributed by atoms with Crippen LogP contribution in [0.15, 0.2) is 34.2 Å². The normalized spacial score (nSPS) is 11.5. The quantitative estimate of drug-likeness (QED) is 0.253. The van der Waals surface area contributed by atoms with E-state index in [9.17, 15) is 22.8 Å². The van der Waals surface area contributed by atoms with Gasteiger partial charge in [-0.15, -0.1) is 21.5 Å². The van der Waals surface area contributed by atoms with Crippen molar-refractivity contribution in [3.05, 3.63) is 52.4 Å². The van der Waals surface area contributed by atoms with Crippen molar-refractivity contribution in [3.63, 3.8) is 0 Å². The maximum absolute atomic E-state index is 12.5. The lowest BCUT2D eigenvalue weighted by Crippen LogP contribution is -2.38. The minimum atomic E-state index is -5.02. The number of hydrogen-bond acceptors (Lipinski definition) is 10. The van der Waals surface area contributed by atoms with Gasteiger partial charge in [-0.25, -0.2) is 9.78 Å². The number of aromatic nitrogens is 3. The molecule has 4 rings (SSSR count). The number of rotatable bonds is 8. The number of halogens is 3. The smallest absolute Gasteiger partial charge is 0.471 e. The van der Waals surface area contributed by atoms with E-state index in [4.69, 9.17) is 19.6 Å². The molecule has 3 N–H and O–H groups in total. The number of ether oxygens (including phenoxy) is 2. The maximum atomic E-state index is 12.5. The lowest BCUT2D eigenvalue weighted by molar-refractivity contribution is -0.173. The Balaban J connectivity index is 1.47. The number of aryl methyl sites for hydroxylation is 2. The fourth-order valence-electron chi connectivity index (χ4n) is 3.33. The van der Waals surface area contributed by atoms with Crippen molar-refractivity contribution in [2.75, 3.05) is 18.9 Å². The van der Waals surface area contributed by atoms with Gasteiger partial charge >= 0.3 is 18.1 Å². The predicted octanol–water partition coefficient (Wildman–Crippen LogP) is 3.96. The van der Waals surface area contributed by atoms with Crippen LogP contribution in [0.4, 0.5) is 19.0 Å². The van der Waals surface area contributed by atoms with Crippen LogP contribution < -0.4 is 15.8 Å². The molecule has 0 fully saturated rings. The third-order valence-corrected chi connectivity index (χ3v) is 6.21. The molecule has 0 saturated heterocycles. The van der Waals surface area contributed by atoms with Crippen molar-refractivity contribution < 1.29 is 36.7 Å². The molecule has 10 nitrogen and oxygen atoms in total. The third kappa shape index (κ3) is 5.80. The van der Waals surface area contributed by atoms with Gasteiger partial charge in [-0.05, 0) is 30.0 Å². The summed E-state index contributed by atoms with van der Waals surface area (Å²) in [6.07, 6.45) is -3.78. The van der Waals surface area contributed by atoms with E-state index in [0.717, 1.165) is 5.56 Å². The standard InChI is InChI=1S/C23H20F3N5O5S/c1-11-3-4-13(20-31-30-12(2)36-20)7-16(11)35-9-14-10-37-18-15(8-29-19(27)17(14)18)21(32)34-6-5-28-22(33)23(24,25)26/h3-4,7-8,10H,5-6,9H2,1-2H3,(H2,27,29)(H,28,33). The van der Waals surface area contributed by atoms with Crippen LogP contribution in [-0.4, -0.2) is 46.4 Å². The summed E-state index contributed by atoms with van der Waals surface area (Å²) in [7, 11) is 0. The van der Waals surface area contributed by atoms with Crippen molar-refractivity contribution in [3.8, 4) is 17.2 Å². The van der Waals surface area contributed by atoms with Gasteiger partial charge in [0.2, 0.25) is 11.8 Å². The van der Waals surface area contributed by atoms with Gasteiger partial charge in [0.25, 0.3) is 0 Å². The highest BCUT2D eigenvalue weighted by Crippen LogP contribution is 2.34. The Morgan fingerprint density at radius 1 is 1.22 bits per heavy atom. The number of pyridine rings is 1. The first kappa shape index (κ1) is 25.9. The first-order valence-electron chi connectivity index (χ1n) is 10.7. The van der Waals surface area contributed by atoms with Gasteiger partial charge in [-0.3, -0.25) is 4.79 Å². The molecule has 3 aromatic heterocycles. The van der Waals surface area contributed by atoms with Gasteiger partial charge in [0.1, 0.15) is 24.8 Å². The highest BCUT2D eigenvalue weighted by molar-refractivity contribution is 7.17. The van der Waals surface area contributed by atoms with E-state index in [1.807, 2.05) is 19.1 Å². The van der Waals surface area contributed by atoms with Crippen LogP contribution in [0.1, 0.15) is 27.4 Å². The Morgan fingerprint density at radius 3 is 2.70 bits per heavy atom. The number of benzene rings is 1. The molecule has 1 amide bonds. The topological polar surface area (TPSA) is 142 Å². The highest BCUT2D eigenvalue weighted by Gasteiger charge is 2.38. The minimum absolute atomic E-state index is 0.0903. The summed E-state index contributed by atoms with van der Waals surface area (Å²) in [5.74, 6) is -1.38. The van der Waals surface area contributed by atoms with Gasteiger partial charge in [-0.1, -0.05) is 6.07 Å². The Labute approximate surface area is 211 Å². The molecule has 4 aromatic rings. The van der Waals surface area contributed by atoms with Crippen molar-refractivity contribution in [2.45, 2.75) is 26.6 Å². The van der Waals surface area contributed by atoms with E-state index >= 15 is 0 Å². The van der Waals surface area contributed by atoms with Gasteiger partial charge in [0.15, 0.2) is 0 Å². The van der Waals surface area contributed by atoms with Crippen molar-refractivity contribution in [1.82, 2.24) is 20.5 Å². The third-order valence-electron chi connectivity index (χ3n) is 5.14. The molecule has 0 radical (unpaired) electrons. The largest absolute Gasteiger partial charge is 0.489 e. The summed E-state index contributed by atoms with van der Waals surface area (Å²) >= 11 is 1.22. The first-order valence-corrected chi connectivity index (χ1v) is 11.6. The molecule has 0 bridgehead atoms. The number of alkyl halides is 3.